The van der Waals surface area contributed by atoms with Crippen LogP contribution >= 0.6 is 0 Å². The molecule has 2 atom stereocenters. The van der Waals surface area contributed by atoms with Crippen LogP contribution in [0.4, 0.5) is 0 Å². The molecule has 0 unspecified atom stereocenters. The van der Waals surface area contributed by atoms with E-state index in [1.54, 1.807) is 6.92 Å². The van der Waals surface area contributed by atoms with Crippen LogP contribution in [0.5, 0.6) is 17.2 Å². The molecule has 0 bridgehead atoms. The van der Waals surface area contributed by atoms with E-state index in [1.165, 1.54) is 0 Å². The molecule has 1 heterocycles. The normalized spacial score (nSPS) is 15.1. The van der Waals surface area contributed by atoms with Gasteiger partial charge in [0.25, 0.3) is 5.91 Å². The molecule has 2 aromatic rings. The Hall–Kier alpha value is -2.69. The standard InChI is InChI=1S/C22H27NO4/c1-14(2)18-7-5-6-8-19(18)27-16(4)22(24)23-15(3)17-9-10-20-21(13-17)26-12-11-25-20/h5-10,13-16H,11-12H2,1-4H3,(H,23,24)/t15-,16-/m0/s1. The molecular weight excluding hydrogens is 342 g/mol. The summed E-state index contributed by atoms with van der Waals surface area (Å²) in [7, 11) is 0. The third-order valence-corrected chi connectivity index (χ3v) is 4.64. The first-order valence-electron chi connectivity index (χ1n) is 9.41. The molecule has 0 spiro atoms. The number of carbonyl (C=O) groups excluding carboxylic acids is 1. The number of hydrogen-bond acceptors (Lipinski definition) is 4. The van der Waals surface area contributed by atoms with E-state index in [2.05, 4.69) is 19.2 Å². The number of nitrogens with one attached hydrogen (secondary N) is 1. The molecule has 1 N–H and O–H groups in total. The van der Waals surface area contributed by atoms with Crippen LogP contribution in [-0.4, -0.2) is 25.2 Å². The maximum absolute atomic E-state index is 12.6. The average Bonchev–Trinajstić information content (AvgIpc) is 2.67. The van der Waals surface area contributed by atoms with Crippen LogP contribution in [0, 0.1) is 0 Å². The molecule has 144 valence electrons. The van der Waals surface area contributed by atoms with Crippen molar-refractivity contribution in [2.75, 3.05) is 13.2 Å². The van der Waals surface area contributed by atoms with Gasteiger partial charge in [0, 0.05) is 0 Å². The minimum Gasteiger partial charge on any atom is -0.486 e. The van der Waals surface area contributed by atoms with Crippen molar-refractivity contribution in [1.29, 1.82) is 0 Å². The quantitative estimate of drug-likeness (QED) is 0.828. The van der Waals surface area contributed by atoms with Gasteiger partial charge in [-0.2, -0.15) is 0 Å². The van der Waals surface area contributed by atoms with Gasteiger partial charge in [0.05, 0.1) is 6.04 Å². The first kappa shape index (κ1) is 19.1. The van der Waals surface area contributed by atoms with Crippen LogP contribution in [0.15, 0.2) is 42.5 Å². The van der Waals surface area contributed by atoms with Crippen LogP contribution < -0.4 is 19.5 Å². The summed E-state index contributed by atoms with van der Waals surface area (Å²) in [6.07, 6.45) is -0.593. The zero-order valence-electron chi connectivity index (χ0n) is 16.3. The Morgan fingerprint density at radius 1 is 1.00 bits per heavy atom. The SMILES string of the molecule is CC(C)c1ccccc1O[C@@H](C)C(=O)N[C@@H](C)c1ccc2c(c1)OCCO2. The summed E-state index contributed by atoms with van der Waals surface area (Å²) in [5.74, 6) is 2.38. The maximum atomic E-state index is 12.6. The van der Waals surface area contributed by atoms with Crippen LogP contribution in [0.2, 0.25) is 0 Å². The van der Waals surface area contributed by atoms with E-state index in [4.69, 9.17) is 14.2 Å². The average molecular weight is 369 g/mol. The number of amides is 1. The Kier molecular flexibility index (Phi) is 5.89. The van der Waals surface area contributed by atoms with Crippen LogP contribution in [0.3, 0.4) is 0 Å². The van der Waals surface area contributed by atoms with Crippen molar-refractivity contribution in [3.8, 4) is 17.2 Å². The molecule has 1 amide bonds. The summed E-state index contributed by atoms with van der Waals surface area (Å²) in [6, 6.07) is 13.4. The number of para-hydroxylation sites is 1. The minimum absolute atomic E-state index is 0.157. The highest BCUT2D eigenvalue weighted by Gasteiger charge is 2.21. The molecule has 2 aromatic carbocycles. The van der Waals surface area contributed by atoms with E-state index in [9.17, 15) is 4.79 Å². The van der Waals surface area contributed by atoms with Crippen molar-refractivity contribution in [2.24, 2.45) is 0 Å². The fraction of sp³-hybridized carbons (Fsp3) is 0.409. The molecule has 0 saturated heterocycles. The largest absolute Gasteiger partial charge is 0.486 e. The number of ether oxygens (including phenoxy) is 3. The van der Waals surface area contributed by atoms with E-state index in [1.807, 2.05) is 49.4 Å². The Bertz CT molecular complexity index is 803. The van der Waals surface area contributed by atoms with Gasteiger partial charge in [-0.05, 0) is 49.1 Å². The molecule has 0 saturated carbocycles. The lowest BCUT2D eigenvalue weighted by Gasteiger charge is -2.23. The predicted molar refractivity (Wildman–Crippen MR) is 105 cm³/mol. The van der Waals surface area contributed by atoms with Gasteiger partial charge in [-0.15, -0.1) is 0 Å². The third-order valence-electron chi connectivity index (χ3n) is 4.64. The first-order chi connectivity index (χ1) is 13.0. The Morgan fingerprint density at radius 2 is 1.70 bits per heavy atom. The van der Waals surface area contributed by atoms with Crippen molar-refractivity contribution in [2.45, 2.75) is 45.8 Å². The van der Waals surface area contributed by atoms with Gasteiger partial charge >= 0.3 is 0 Å². The highest BCUT2D eigenvalue weighted by Crippen LogP contribution is 2.32. The smallest absolute Gasteiger partial charge is 0.261 e. The summed E-state index contributed by atoms with van der Waals surface area (Å²) in [6.45, 7) is 9.03. The molecule has 5 heteroatoms. The van der Waals surface area contributed by atoms with Crippen molar-refractivity contribution in [3.05, 3.63) is 53.6 Å². The number of hydrogen-bond donors (Lipinski definition) is 1. The lowest BCUT2D eigenvalue weighted by Crippen LogP contribution is -2.38. The Labute approximate surface area is 160 Å². The molecule has 0 aliphatic carbocycles. The third kappa shape index (κ3) is 4.54. The van der Waals surface area contributed by atoms with Crippen LogP contribution in [-0.2, 0) is 4.79 Å². The fourth-order valence-corrected chi connectivity index (χ4v) is 3.05. The topological polar surface area (TPSA) is 56.8 Å². The molecule has 27 heavy (non-hydrogen) atoms. The molecule has 0 radical (unpaired) electrons. The second-order valence-corrected chi connectivity index (χ2v) is 7.09. The zero-order valence-corrected chi connectivity index (χ0v) is 16.3. The van der Waals surface area contributed by atoms with E-state index in [0.717, 1.165) is 28.4 Å². The van der Waals surface area contributed by atoms with E-state index in [0.29, 0.717) is 19.1 Å². The molecule has 0 aromatic heterocycles. The van der Waals surface area contributed by atoms with Crippen LogP contribution in [0.1, 0.15) is 50.8 Å². The second kappa shape index (κ2) is 8.33. The number of benzene rings is 2. The number of rotatable bonds is 6. The monoisotopic (exact) mass is 369 g/mol. The summed E-state index contributed by atoms with van der Waals surface area (Å²) in [5.41, 5.74) is 2.06. The van der Waals surface area contributed by atoms with E-state index in [-0.39, 0.29) is 11.9 Å². The van der Waals surface area contributed by atoms with Gasteiger partial charge in [0.1, 0.15) is 19.0 Å². The van der Waals surface area contributed by atoms with Gasteiger partial charge in [-0.25, -0.2) is 0 Å². The lowest BCUT2D eigenvalue weighted by molar-refractivity contribution is -0.127. The van der Waals surface area contributed by atoms with Crippen molar-refractivity contribution in [3.63, 3.8) is 0 Å². The fourth-order valence-electron chi connectivity index (χ4n) is 3.05. The predicted octanol–water partition coefficient (Wildman–Crippen LogP) is 4.23. The molecular formula is C22H27NO4. The molecule has 5 nitrogen and oxygen atoms in total. The van der Waals surface area contributed by atoms with E-state index >= 15 is 0 Å². The van der Waals surface area contributed by atoms with Crippen molar-refractivity contribution < 1.29 is 19.0 Å². The second-order valence-electron chi connectivity index (χ2n) is 7.09. The van der Waals surface area contributed by atoms with Gasteiger partial charge in [-0.1, -0.05) is 38.1 Å². The van der Waals surface area contributed by atoms with E-state index < -0.39 is 6.10 Å². The summed E-state index contributed by atoms with van der Waals surface area (Å²) in [5, 5.41) is 3.01. The van der Waals surface area contributed by atoms with Crippen LogP contribution in [0.25, 0.3) is 0 Å². The highest BCUT2D eigenvalue weighted by atomic mass is 16.6. The van der Waals surface area contributed by atoms with Crippen molar-refractivity contribution in [1.82, 2.24) is 5.32 Å². The zero-order chi connectivity index (χ0) is 19.4. The molecule has 1 aliphatic heterocycles. The number of carbonyl (C=O) groups is 1. The summed E-state index contributed by atoms with van der Waals surface area (Å²) in [4.78, 5) is 12.6. The van der Waals surface area contributed by atoms with Gasteiger partial charge in [0.15, 0.2) is 17.6 Å². The molecule has 0 fully saturated rings. The summed E-state index contributed by atoms with van der Waals surface area (Å²) >= 11 is 0. The Balaban J connectivity index is 1.64. The van der Waals surface area contributed by atoms with Gasteiger partial charge in [0.2, 0.25) is 0 Å². The Morgan fingerprint density at radius 3 is 2.44 bits per heavy atom. The highest BCUT2D eigenvalue weighted by molar-refractivity contribution is 5.81. The van der Waals surface area contributed by atoms with Gasteiger partial charge < -0.3 is 19.5 Å². The lowest BCUT2D eigenvalue weighted by atomic mass is 10.0. The van der Waals surface area contributed by atoms with Crippen molar-refractivity contribution >= 4 is 5.91 Å². The van der Waals surface area contributed by atoms with Gasteiger partial charge in [-0.3, -0.25) is 4.79 Å². The molecule has 1 aliphatic rings. The first-order valence-corrected chi connectivity index (χ1v) is 9.41. The maximum Gasteiger partial charge on any atom is 0.261 e. The summed E-state index contributed by atoms with van der Waals surface area (Å²) < 4.78 is 17.1. The minimum atomic E-state index is -0.593. The molecule has 3 rings (SSSR count). The number of fused-ring (bicyclic) bond motifs is 1.